The summed E-state index contributed by atoms with van der Waals surface area (Å²) in [5.41, 5.74) is 0. The number of rotatable bonds is 5. The van der Waals surface area contributed by atoms with E-state index in [2.05, 4.69) is 5.32 Å². The maximum Gasteiger partial charge on any atom is 0.239 e. The molecule has 0 aromatic carbocycles. The number of carbonyl (C=O) groups excluding carboxylic acids is 1. The lowest BCUT2D eigenvalue weighted by Crippen LogP contribution is -2.47. The molecule has 4 heteroatoms. The molecule has 2 atom stereocenters. The molecule has 4 nitrogen and oxygen atoms in total. The monoisotopic (exact) mass is 242 g/mol. The summed E-state index contributed by atoms with van der Waals surface area (Å²) in [4.78, 5) is 14.2. The molecule has 2 unspecified atom stereocenters. The van der Waals surface area contributed by atoms with Gasteiger partial charge in [0.05, 0.1) is 12.1 Å². The van der Waals surface area contributed by atoms with E-state index < -0.39 is 0 Å². The first-order chi connectivity index (χ1) is 8.15. The van der Waals surface area contributed by atoms with Gasteiger partial charge in [0.25, 0.3) is 0 Å². The molecule has 17 heavy (non-hydrogen) atoms. The van der Waals surface area contributed by atoms with Crippen LogP contribution in [0.2, 0.25) is 0 Å². The molecule has 100 valence electrons. The first kappa shape index (κ1) is 14.5. The van der Waals surface area contributed by atoms with Crippen LogP contribution in [0.4, 0.5) is 0 Å². The minimum Gasteiger partial charge on any atom is -0.380 e. The van der Waals surface area contributed by atoms with Crippen LogP contribution in [-0.2, 0) is 9.53 Å². The predicted molar refractivity (Wildman–Crippen MR) is 69.0 cm³/mol. The van der Waals surface area contributed by atoms with Crippen LogP contribution in [0.1, 0.15) is 39.5 Å². The molecule has 0 aromatic heterocycles. The van der Waals surface area contributed by atoms with E-state index in [4.69, 9.17) is 4.74 Å². The lowest BCUT2D eigenvalue weighted by atomic mass is 10.2. The van der Waals surface area contributed by atoms with Crippen molar-refractivity contribution >= 4 is 5.91 Å². The minimum absolute atomic E-state index is 0.106. The molecule has 0 aromatic rings. The van der Waals surface area contributed by atoms with Crippen LogP contribution in [0.15, 0.2) is 0 Å². The van der Waals surface area contributed by atoms with Gasteiger partial charge in [-0.1, -0.05) is 12.8 Å². The van der Waals surface area contributed by atoms with Crippen molar-refractivity contribution in [2.75, 3.05) is 26.7 Å². The van der Waals surface area contributed by atoms with Crippen molar-refractivity contribution in [2.24, 2.45) is 0 Å². The Bertz CT molecular complexity index is 225. The first-order valence-electron chi connectivity index (χ1n) is 6.70. The summed E-state index contributed by atoms with van der Waals surface area (Å²) in [7, 11) is 1.69. The largest absolute Gasteiger partial charge is 0.380 e. The highest BCUT2D eigenvalue weighted by atomic mass is 16.5. The van der Waals surface area contributed by atoms with Gasteiger partial charge in [0.1, 0.15) is 0 Å². The van der Waals surface area contributed by atoms with Crippen LogP contribution >= 0.6 is 0 Å². The summed E-state index contributed by atoms with van der Waals surface area (Å²) in [6.45, 7) is 6.50. The molecular weight excluding hydrogens is 216 g/mol. The van der Waals surface area contributed by atoms with Gasteiger partial charge in [-0.3, -0.25) is 4.79 Å². The van der Waals surface area contributed by atoms with Gasteiger partial charge in [-0.15, -0.1) is 0 Å². The Balaban J connectivity index is 2.33. The second kappa shape index (κ2) is 7.67. The average Bonchev–Trinajstić information content (AvgIpc) is 2.63. The summed E-state index contributed by atoms with van der Waals surface area (Å²) < 4.78 is 5.16. The van der Waals surface area contributed by atoms with Gasteiger partial charge in [0.15, 0.2) is 0 Å². The van der Waals surface area contributed by atoms with E-state index in [9.17, 15) is 4.79 Å². The second-order valence-corrected chi connectivity index (χ2v) is 4.92. The molecule has 0 radical (unpaired) electrons. The molecular formula is C13H26N2O2. The van der Waals surface area contributed by atoms with Gasteiger partial charge >= 0.3 is 0 Å². The molecule has 1 fully saturated rings. The predicted octanol–water partition coefficient (Wildman–Crippen LogP) is 1.40. The standard InChI is InChI=1S/C13H26N2O2/c1-11(17-3)10-14-12(2)13(16)15-8-6-4-5-7-9-15/h11-12,14H,4-10H2,1-3H3. The summed E-state index contributed by atoms with van der Waals surface area (Å²) in [6, 6.07) is -0.106. The van der Waals surface area contributed by atoms with Crippen LogP contribution in [0.3, 0.4) is 0 Å². The van der Waals surface area contributed by atoms with Crippen molar-refractivity contribution in [1.29, 1.82) is 0 Å². The normalized spacial score (nSPS) is 20.8. The number of amides is 1. The van der Waals surface area contributed by atoms with Crippen LogP contribution in [0, 0.1) is 0 Å². The van der Waals surface area contributed by atoms with Crippen molar-refractivity contribution < 1.29 is 9.53 Å². The lowest BCUT2D eigenvalue weighted by Gasteiger charge is -2.25. The average molecular weight is 242 g/mol. The summed E-state index contributed by atoms with van der Waals surface area (Å²) in [5, 5.41) is 3.23. The Labute approximate surface area is 105 Å². The molecule has 1 rings (SSSR count). The van der Waals surface area contributed by atoms with Crippen molar-refractivity contribution in [3.05, 3.63) is 0 Å². The Morgan fingerprint density at radius 3 is 2.35 bits per heavy atom. The number of ether oxygens (including phenoxy) is 1. The van der Waals surface area contributed by atoms with Crippen LogP contribution in [0.25, 0.3) is 0 Å². The second-order valence-electron chi connectivity index (χ2n) is 4.92. The quantitative estimate of drug-likeness (QED) is 0.792. The molecule has 1 amide bonds. The summed E-state index contributed by atoms with van der Waals surface area (Å²) in [6.07, 6.45) is 4.95. The Morgan fingerprint density at radius 1 is 1.24 bits per heavy atom. The van der Waals surface area contributed by atoms with Crippen LogP contribution < -0.4 is 5.32 Å². The number of hydrogen-bond acceptors (Lipinski definition) is 3. The van der Waals surface area contributed by atoms with E-state index in [0.29, 0.717) is 0 Å². The number of hydrogen-bond donors (Lipinski definition) is 1. The Kier molecular flexibility index (Phi) is 6.52. The smallest absolute Gasteiger partial charge is 0.239 e. The molecule has 1 N–H and O–H groups in total. The fourth-order valence-corrected chi connectivity index (χ4v) is 2.08. The van der Waals surface area contributed by atoms with Gasteiger partial charge in [-0.2, -0.15) is 0 Å². The van der Waals surface area contributed by atoms with Gasteiger partial charge in [-0.25, -0.2) is 0 Å². The zero-order valence-corrected chi connectivity index (χ0v) is 11.4. The molecule has 1 heterocycles. The van der Waals surface area contributed by atoms with Crippen molar-refractivity contribution in [3.8, 4) is 0 Å². The topological polar surface area (TPSA) is 41.6 Å². The van der Waals surface area contributed by atoms with E-state index in [1.807, 2.05) is 18.7 Å². The highest BCUT2D eigenvalue weighted by molar-refractivity contribution is 5.81. The number of likely N-dealkylation sites (tertiary alicyclic amines) is 1. The van der Waals surface area contributed by atoms with Gasteiger partial charge in [-0.05, 0) is 26.7 Å². The van der Waals surface area contributed by atoms with Crippen LogP contribution in [-0.4, -0.2) is 49.7 Å². The number of methoxy groups -OCH3 is 1. The zero-order valence-electron chi connectivity index (χ0n) is 11.4. The molecule has 1 saturated heterocycles. The highest BCUT2D eigenvalue weighted by Gasteiger charge is 2.21. The summed E-state index contributed by atoms with van der Waals surface area (Å²) >= 11 is 0. The van der Waals surface area contributed by atoms with Crippen molar-refractivity contribution in [2.45, 2.75) is 51.7 Å². The molecule has 1 aliphatic heterocycles. The van der Waals surface area contributed by atoms with E-state index in [0.717, 1.165) is 32.5 Å². The van der Waals surface area contributed by atoms with E-state index in [-0.39, 0.29) is 18.1 Å². The van der Waals surface area contributed by atoms with E-state index >= 15 is 0 Å². The minimum atomic E-state index is -0.106. The third-order valence-electron chi connectivity index (χ3n) is 3.40. The Hall–Kier alpha value is -0.610. The Morgan fingerprint density at radius 2 is 1.82 bits per heavy atom. The highest BCUT2D eigenvalue weighted by Crippen LogP contribution is 2.10. The molecule has 0 spiro atoms. The molecule has 0 saturated carbocycles. The van der Waals surface area contributed by atoms with Crippen LogP contribution in [0.5, 0.6) is 0 Å². The molecule has 0 bridgehead atoms. The third-order valence-corrected chi connectivity index (χ3v) is 3.40. The zero-order chi connectivity index (χ0) is 12.7. The SMILES string of the molecule is COC(C)CNC(C)C(=O)N1CCCCCC1. The first-order valence-corrected chi connectivity index (χ1v) is 6.70. The number of nitrogens with zero attached hydrogens (tertiary/aromatic N) is 1. The van der Waals surface area contributed by atoms with Gasteiger partial charge in [0.2, 0.25) is 5.91 Å². The lowest BCUT2D eigenvalue weighted by molar-refractivity contribution is -0.133. The molecule has 1 aliphatic rings. The number of nitrogens with one attached hydrogen (secondary N) is 1. The third kappa shape index (κ3) is 5.04. The molecule has 0 aliphatic carbocycles. The number of carbonyl (C=O) groups is 1. The van der Waals surface area contributed by atoms with Crippen molar-refractivity contribution in [1.82, 2.24) is 10.2 Å². The van der Waals surface area contributed by atoms with Crippen molar-refractivity contribution in [3.63, 3.8) is 0 Å². The van der Waals surface area contributed by atoms with Gasteiger partial charge in [0, 0.05) is 26.7 Å². The maximum atomic E-state index is 12.2. The van der Waals surface area contributed by atoms with E-state index in [1.165, 1.54) is 12.8 Å². The maximum absolute atomic E-state index is 12.2. The fourth-order valence-electron chi connectivity index (χ4n) is 2.08. The van der Waals surface area contributed by atoms with Gasteiger partial charge < -0.3 is 15.0 Å². The fraction of sp³-hybridized carbons (Fsp3) is 0.923. The summed E-state index contributed by atoms with van der Waals surface area (Å²) in [5.74, 6) is 0.232. The van der Waals surface area contributed by atoms with E-state index in [1.54, 1.807) is 7.11 Å².